The molecule has 0 N–H and O–H groups in total. The molecule has 138 valence electrons. The fourth-order valence-corrected chi connectivity index (χ4v) is 4.57. The van der Waals surface area contributed by atoms with Crippen LogP contribution in [-0.4, -0.2) is 29.8 Å². The number of benzene rings is 2. The van der Waals surface area contributed by atoms with Crippen LogP contribution in [0, 0.1) is 0 Å². The Labute approximate surface area is 158 Å². The molecule has 1 aliphatic carbocycles. The standard InChI is InChI=1S/C24H31NO/c1-4-16-25(17-5-2)22-15-14-19-12-9-13-21(23(19)18(22)3)24(26)20-10-7-6-8-11-20/h6-13,18,22H,4-5,14-17H2,1-3H3. The molecule has 3 rings (SSSR count). The second-order valence-corrected chi connectivity index (χ2v) is 7.50. The summed E-state index contributed by atoms with van der Waals surface area (Å²) >= 11 is 0. The molecule has 0 aromatic heterocycles. The molecule has 0 bridgehead atoms. The highest BCUT2D eigenvalue weighted by atomic mass is 16.1. The zero-order valence-electron chi connectivity index (χ0n) is 16.4. The summed E-state index contributed by atoms with van der Waals surface area (Å²) in [6.07, 6.45) is 4.63. The monoisotopic (exact) mass is 349 g/mol. The Morgan fingerprint density at radius 2 is 1.69 bits per heavy atom. The summed E-state index contributed by atoms with van der Waals surface area (Å²) in [5, 5.41) is 0. The third kappa shape index (κ3) is 3.76. The van der Waals surface area contributed by atoms with Crippen LogP contribution in [0.2, 0.25) is 0 Å². The number of carbonyl (C=O) groups is 1. The van der Waals surface area contributed by atoms with Crippen molar-refractivity contribution >= 4 is 5.78 Å². The summed E-state index contributed by atoms with van der Waals surface area (Å²) in [7, 11) is 0. The maximum atomic E-state index is 13.2. The first kappa shape index (κ1) is 18.8. The van der Waals surface area contributed by atoms with Crippen LogP contribution in [0.25, 0.3) is 0 Å². The molecular weight excluding hydrogens is 318 g/mol. The summed E-state index contributed by atoms with van der Waals surface area (Å²) in [5.41, 5.74) is 4.34. The Balaban J connectivity index is 1.97. The first-order chi connectivity index (χ1) is 12.7. The zero-order valence-corrected chi connectivity index (χ0v) is 16.4. The molecule has 1 aliphatic rings. The maximum absolute atomic E-state index is 13.2. The number of rotatable bonds is 7. The molecule has 2 nitrogen and oxygen atoms in total. The van der Waals surface area contributed by atoms with Crippen molar-refractivity contribution in [2.75, 3.05) is 13.1 Å². The van der Waals surface area contributed by atoms with Crippen molar-refractivity contribution in [2.24, 2.45) is 0 Å². The van der Waals surface area contributed by atoms with Crippen molar-refractivity contribution in [1.29, 1.82) is 0 Å². The van der Waals surface area contributed by atoms with Gasteiger partial charge in [0.25, 0.3) is 0 Å². The normalized spacial score (nSPS) is 19.4. The number of hydrogen-bond donors (Lipinski definition) is 0. The lowest BCUT2D eigenvalue weighted by atomic mass is 9.76. The molecule has 0 saturated carbocycles. The Morgan fingerprint density at radius 1 is 1.00 bits per heavy atom. The quantitative estimate of drug-likeness (QED) is 0.619. The third-order valence-electron chi connectivity index (χ3n) is 5.71. The summed E-state index contributed by atoms with van der Waals surface area (Å²) in [4.78, 5) is 15.8. The summed E-state index contributed by atoms with van der Waals surface area (Å²) in [6.45, 7) is 9.13. The molecule has 0 aliphatic heterocycles. The van der Waals surface area contributed by atoms with E-state index in [0.717, 1.165) is 30.6 Å². The van der Waals surface area contributed by atoms with E-state index < -0.39 is 0 Å². The van der Waals surface area contributed by atoms with Crippen molar-refractivity contribution < 1.29 is 4.79 Å². The van der Waals surface area contributed by atoms with E-state index in [-0.39, 0.29) is 5.78 Å². The van der Waals surface area contributed by atoms with Gasteiger partial charge in [-0.05, 0) is 55.8 Å². The van der Waals surface area contributed by atoms with Crippen molar-refractivity contribution in [2.45, 2.75) is 58.4 Å². The van der Waals surface area contributed by atoms with Crippen LogP contribution in [0.4, 0.5) is 0 Å². The largest absolute Gasteiger partial charge is 0.300 e. The number of hydrogen-bond acceptors (Lipinski definition) is 2. The number of carbonyl (C=O) groups excluding carboxylic acids is 1. The minimum Gasteiger partial charge on any atom is -0.300 e. The van der Waals surface area contributed by atoms with Crippen LogP contribution in [0.15, 0.2) is 48.5 Å². The topological polar surface area (TPSA) is 20.3 Å². The Morgan fingerprint density at radius 3 is 2.35 bits per heavy atom. The van der Waals surface area contributed by atoms with E-state index in [9.17, 15) is 4.79 Å². The molecule has 0 spiro atoms. The van der Waals surface area contributed by atoms with Crippen molar-refractivity contribution in [3.8, 4) is 0 Å². The van der Waals surface area contributed by atoms with Crippen LogP contribution < -0.4 is 0 Å². The fourth-order valence-electron chi connectivity index (χ4n) is 4.57. The van der Waals surface area contributed by atoms with Gasteiger partial charge in [-0.3, -0.25) is 9.69 Å². The Kier molecular flexibility index (Phi) is 6.26. The van der Waals surface area contributed by atoms with Crippen LogP contribution in [0.5, 0.6) is 0 Å². The number of nitrogens with zero attached hydrogens (tertiary/aromatic N) is 1. The van der Waals surface area contributed by atoms with E-state index in [1.807, 2.05) is 36.4 Å². The van der Waals surface area contributed by atoms with E-state index in [2.05, 4.69) is 37.8 Å². The third-order valence-corrected chi connectivity index (χ3v) is 5.71. The maximum Gasteiger partial charge on any atom is 0.193 e. The molecule has 2 aromatic rings. The van der Waals surface area contributed by atoms with Crippen molar-refractivity contribution in [1.82, 2.24) is 4.90 Å². The van der Waals surface area contributed by atoms with E-state index in [4.69, 9.17) is 0 Å². The summed E-state index contributed by atoms with van der Waals surface area (Å²) in [5.74, 6) is 0.549. The van der Waals surface area contributed by atoms with Gasteiger partial charge in [-0.2, -0.15) is 0 Å². The smallest absolute Gasteiger partial charge is 0.193 e. The van der Waals surface area contributed by atoms with Crippen LogP contribution in [0.1, 0.15) is 73.0 Å². The molecule has 0 saturated heterocycles. The number of fused-ring (bicyclic) bond motifs is 1. The van der Waals surface area contributed by atoms with Gasteiger partial charge in [0.05, 0.1) is 0 Å². The summed E-state index contributed by atoms with van der Waals surface area (Å²) < 4.78 is 0. The van der Waals surface area contributed by atoms with Gasteiger partial charge < -0.3 is 0 Å². The summed E-state index contributed by atoms with van der Waals surface area (Å²) in [6, 6.07) is 16.5. The van der Waals surface area contributed by atoms with Crippen LogP contribution in [0.3, 0.4) is 0 Å². The minimum atomic E-state index is 0.160. The minimum absolute atomic E-state index is 0.160. The predicted octanol–water partition coefficient (Wildman–Crippen LogP) is 5.46. The van der Waals surface area contributed by atoms with Crippen LogP contribution in [-0.2, 0) is 6.42 Å². The molecule has 2 atom stereocenters. The second-order valence-electron chi connectivity index (χ2n) is 7.50. The van der Waals surface area contributed by atoms with Gasteiger partial charge in [0.1, 0.15) is 0 Å². The fraction of sp³-hybridized carbons (Fsp3) is 0.458. The molecule has 0 amide bonds. The van der Waals surface area contributed by atoms with Crippen molar-refractivity contribution in [3.05, 3.63) is 70.8 Å². The Hall–Kier alpha value is -1.93. The van der Waals surface area contributed by atoms with Gasteiger partial charge in [0, 0.05) is 17.2 Å². The first-order valence-corrected chi connectivity index (χ1v) is 10.1. The number of ketones is 1. The van der Waals surface area contributed by atoms with Gasteiger partial charge in [0.15, 0.2) is 5.78 Å². The lowest BCUT2D eigenvalue weighted by Gasteiger charge is -2.40. The Bertz CT molecular complexity index is 731. The van der Waals surface area contributed by atoms with Gasteiger partial charge in [-0.15, -0.1) is 0 Å². The highest BCUT2D eigenvalue weighted by Gasteiger charge is 2.33. The SMILES string of the molecule is CCCN(CCC)C1CCc2cccc(C(=O)c3ccccc3)c2C1C. The highest BCUT2D eigenvalue weighted by Crippen LogP contribution is 2.37. The van der Waals surface area contributed by atoms with Gasteiger partial charge in [0.2, 0.25) is 0 Å². The molecular formula is C24H31NO. The molecule has 2 unspecified atom stereocenters. The molecule has 0 radical (unpaired) electrons. The average Bonchev–Trinajstić information content (AvgIpc) is 2.68. The van der Waals surface area contributed by atoms with Gasteiger partial charge >= 0.3 is 0 Å². The van der Waals surface area contributed by atoms with E-state index in [0.29, 0.717) is 12.0 Å². The molecule has 2 aromatic carbocycles. The van der Waals surface area contributed by atoms with Gasteiger partial charge in [-0.1, -0.05) is 69.3 Å². The molecule has 0 heterocycles. The van der Waals surface area contributed by atoms with Crippen LogP contribution >= 0.6 is 0 Å². The van der Waals surface area contributed by atoms with E-state index in [1.54, 1.807) is 0 Å². The molecule has 0 fully saturated rings. The zero-order chi connectivity index (χ0) is 18.5. The molecule has 26 heavy (non-hydrogen) atoms. The lowest BCUT2D eigenvalue weighted by molar-refractivity contribution is 0.103. The first-order valence-electron chi connectivity index (χ1n) is 10.1. The lowest BCUT2D eigenvalue weighted by Crippen LogP contribution is -2.42. The second kappa shape index (κ2) is 8.64. The van der Waals surface area contributed by atoms with E-state index in [1.165, 1.54) is 30.4 Å². The molecule has 2 heteroatoms. The number of aryl methyl sites for hydroxylation is 1. The van der Waals surface area contributed by atoms with E-state index >= 15 is 0 Å². The predicted molar refractivity (Wildman–Crippen MR) is 109 cm³/mol. The van der Waals surface area contributed by atoms with Gasteiger partial charge in [-0.25, -0.2) is 0 Å². The average molecular weight is 350 g/mol. The van der Waals surface area contributed by atoms with Crippen molar-refractivity contribution in [3.63, 3.8) is 0 Å². The highest BCUT2D eigenvalue weighted by molar-refractivity contribution is 6.10.